The molecule has 0 aliphatic heterocycles. The summed E-state index contributed by atoms with van der Waals surface area (Å²) in [6.45, 7) is 10.1. The third-order valence-electron chi connectivity index (χ3n) is 3.87. The topological polar surface area (TPSA) is 12.0 Å². The molecule has 0 fully saturated rings. The zero-order valence-corrected chi connectivity index (χ0v) is 12.6. The van der Waals surface area contributed by atoms with Gasteiger partial charge in [-0.3, -0.25) is 0 Å². The van der Waals surface area contributed by atoms with E-state index in [1.54, 1.807) is 0 Å². The molecule has 0 saturated carbocycles. The molecular formula is C17H29N. The van der Waals surface area contributed by atoms with Gasteiger partial charge in [-0.15, -0.1) is 0 Å². The Morgan fingerprint density at radius 3 is 2.56 bits per heavy atom. The maximum Gasteiger partial charge on any atom is 0.0343 e. The van der Waals surface area contributed by atoms with Gasteiger partial charge in [-0.25, -0.2) is 0 Å². The zero-order valence-electron chi connectivity index (χ0n) is 12.6. The van der Waals surface area contributed by atoms with Crippen molar-refractivity contribution < 1.29 is 0 Å². The minimum absolute atomic E-state index is 0.816. The van der Waals surface area contributed by atoms with Crippen LogP contribution < -0.4 is 5.32 Å². The number of hydrogen-bond donors (Lipinski definition) is 1. The van der Waals surface area contributed by atoms with Gasteiger partial charge in [-0.2, -0.15) is 0 Å². The fraction of sp³-hybridized carbons (Fsp3) is 0.647. The number of nitrogens with one attached hydrogen (secondary N) is 1. The van der Waals surface area contributed by atoms with Gasteiger partial charge in [0, 0.05) is 12.2 Å². The van der Waals surface area contributed by atoms with E-state index in [1.807, 2.05) is 0 Å². The average molecular weight is 247 g/mol. The van der Waals surface area contributed by atoms with Crippen LogP contribution in [0, 0.1) is 12.8 Å². The van der Waals surface area contributed by atoms with Crippen LogP contribution in [0.15, 0.2) is 18.2 Å². The monoisotopic (exact) mass is 247 g/mol. The van der Waals surface area contributed by atoms with E-state index in [9.17, 15) is 0 Å². The second-order valence-electron chi connectivity index (χ2n) is 5.29. The highest BCUT2D eigenvalue weighted by Crippen LogP contribution is 2.18. The van der Waals surface area contributed by atoms with Crippen LogP contribution in [-0.2, 0) is 6.42 Å². The number of unbranched alkanes of at least 4 members (excludes halogenated alkanes) is 1. The van der Waals surface area contributed by atoms with E-state index in [2.05, 4.69) is 51.2 Å². The highest BCUT2D eigenvalue weighted by atomic mass is 14.9. The highest BCUT2D eigenvalue weighted by Gasteiger charge is 2.06. The van der Waals surface area contributed by atoms with Gasteiger partial charge < -0.3 is 5.32 Å². The lowest BCUT2D eigenvalue weighted by atomic mass is 9.99. The molecule has 0 radical (unpaired) electrons. The molecule has 0 heterocycles. The van der Waals surface area contributed by atoms with Crippen molar-refractivity contribution in [2.75, 3.05) is 11.9 Å². The molecule has 1 aromatic carbocycles. The Kier molecular flexibility index (Phi) is 6.85. The number of rotatable bonds is 8. The Balaban J connectivity index is 2.51. The molecule has 1 N–H and O–H groups in total. The van der Waals surface area contributed by atoms with Crippen molar-refractivity contribution in [1.82, 2.24) is 0 Å². The largest absolute Gasteiger partial charge is 0.385 e. The zero-order chi connectivity index (χ0) is 13.4. The summed E-state index contributed by atoms with van der Waals surface area (Å²) in [5.41, 5.74) is 4.15. The average Bonchev–Trinajstić information content (AvgIpc) is 2.40. The van der Waals surface area contributed by atoms with Gasteiger partial charge in [-0.1, -0.05) is 46.1 Å². The first-order valence-corrected chi connectivity index (χ1v) is 7.54. The van der Waals surface area contributed by atoms with Crippen molar-refractivity contribution in [3.63, 3.8) is 0 Å². The second-order valence-corrected chi connectivity index (χ2v) is 5.29. The summed E-state index contributed by atoms with van der Waals surface area (Å²) in [5.74, 6) is 0.816. The van der Waals surface area contributed by atoms with Gasteiger partial charge in [-0.05, 0) is 48.9 Å². The second kappa shape index (κ2) is 8.18. The first-order valence-electron chi connectivity index (χ1n) is 7.54. The molecular weight excluding hydrogens is 218 g/mol. The van der Waals surface area contributed by atoms with E-state index >= 15 is 0 Å². The number of benzene rings is 1. The lowest BCUT2D eigenvalue weighted by Gasteiger charge is -2.17. The Labute approximate surface area is 113 Å². The minimum Gasteiger partial charge on any atom is -0.385 e. The van der Waals surface area contributed by atoms with Gasteiger partial charge in [0.15, 0.2) is 0 Å². The molecule has 1 rings (SSSR count). The fourth-order valence-corrected chi connectivity index (χ4v) is 2.37. The summed E-state index contributed by atoms with van der Waals surface area (Å²) in [6, 6.07) is 6.75. The van der Waals surface area contributed by atoms with Crippen molar-refractivity contribution in [3.05, 3.63) is 29.3 Å². The predicted molar refractivity (Wildman–Crippen MR) is 82.4 cm³/mol. The fourth-order valence-electron chi connectivity index (χ4n) is 2.37. The van der Waals surface area contributed by atoms with Crippen molar-refractivity contribution in [3.8, 4) is 0 Å². The van der Waals surface area contributed by atoms with Gasteiger partial charge >= 0.3 is 0 Å². The lowest BCUT2D eigenvalue weighted by molar-refractivity contribution is 0.473. The molecule has 0 aliphatic carbocycles. The summed E-state index contributed by atoms with van der Waals surface area (Å²) in [7, 11) is 0. The van der Waals surface area contributed by atoms with Crippen LogP contribution in [-0.4, -0.2) is 6.54 Å². The summed E-state index contributed by atoms with van der Waals surface area (Å²) in [4.78, 5) is 0. The first-order chi connectivity index (χ1) is 8.71. The van der Waals surface area contributed by atoms with E-state index in [1.165, 1.54) is 42.5 Å². The molecule has 0 aliphatic rings. The molecule has 1 aromatic rings. The molecule has 0 bridgehead atoms. The van der Waals surface area contributed by atoms with Gasteiger partial charge in [0.05, 0.1) is 0 Å². The third kappa shape index (κ3) is 4.72. The Morgan fingerprint density at radius 2 is 1.94 bits per heavy atom. The maximum absolute atomic E-state index is 3.61. The molecule has 1 atom stereocenters. The summed E-state index contributed by atoms with van der Waals surface area (Å²) in [6.07, 6.45) is 6.41. The maximum atomic E-state index is 3.61. The Hall–Kier alpha value is -0.980. The lowest BCUT2D eigenvalue weighted by Crippen LogP contribution is -2.13. The minimum atomic E-state index is 0.816. The normalized spacial score (nSPS) is 12.4. The van der Waals surface area contributed by atoms with Gasteiger partial charge in [0.1, 0.15) is 0 Å². The molecule has 1 heteroatoms. The molecule has 0 saturated heterocycles. The molecule has 0 spiro atoms. The Morgan fingerprint density at radius 1 is 1.17 bits per heavy atom. The van der Waals surface area contributed by atoms with Crippen LogP contribution in [0.1, 0.15) is 57.6 Å². The first kappa shape index (κ1) is 15.1. The third-order valence-corrected chi connectivity index (χ3v) is 3.87. The van der Waals surface area contributed by atoms with Crippen LogP contribution in [0.3, 0.4) is 0 Å². The van der Waals surface area contributed by atoms with E-state index in [0.29, 0.717) is 0 Å². The van der Waals surface area contributed by atoms with Crippen LogP contribution in [0.5, 0.6) is 0 Å². The van der Waals surface area contributed by atoms with E-state index in [4.69, 9.17) is 0 Å². The molecule has 0 aromatic heterocycles. The number of anilines is 1. The molecule has 1 unspecified atom stereocenters. The van der Waals surface area contributed by atoms with Crippen molar-refractivity contribution in [1.29, 1.82) is 0 Å². The predicted octanol–water partition coefficient (Wildman–Crippen LogP) is 5.19. The van der Waals surface area contributed by atoms with Crippen LogP contribution in [0.2, 0.25) is 0 Å². The van der Waals surface area contributed by atoms with Crippen LogP contribution in [0.25, 0.3) is 0 Å². The van der Waals surface area contributed by atoms with Crippen molar-refractivity contribution in [2.24, 2.45) is 5.92 Å². The van der Waals surface area contributed by atoms with Gasteiger partial charge in [0.25, 0.3) is 0 Å². The summed E-state index contributed by atoms with van der Waals surface area (Å²) >= 11 is 0. The van der Waals surface area contributed by atoms with Crippen LogP contribution in [0.4, 0.5) is 5.69 Å². The quantitative estimate of drug-likeness (QED) is 0.667. The smallest absolute Gasteiger partial charge is 0.0343 e. The number of aryl methyl sites for hydroxylation is 2. The van der Waals surface area contributed by atoms with Crippen molar-refractivity contribution in [2.45, 2.75) is 59.8 Å². The molecule has 1 nitrogen and oxygen atoms in total. The van der Waals surface area contributed by atoms with E-state index in [0.717, 1.165) is 18.9 Å². The Bertz CT molecular complexity index is 343. The molecule has 102 valence electrons. The van der Waals surface area contributed by atoms with Gasteiger partial charge in [0.2, 0.25) is 0 Å². The molecule has 18 heavy (non-hydrogen) atoms. The summed E-state index contributed by atoms with van der Waals surface area (Å²) in [5, 5.41) is 3.61. The number of hydrogen-bond acceptors (Lipinski definition) is 1. The molecule has 0 amide bonds. The van der Waals surface area contributed by atoms with Crippen molar-refractivity contribution >= 4 is 5.69 Å². The SMILES string of the molecule is CCCCC(CC)CNc1ccc(C)c(CC)c1. The summed E-state index contributed by atoms with van der Waals surface area (Å²) < 4.78 is 0. The standard InChI is InChI=1S/C17H29N/c1-5-8-9-15(6-2)13-18-17-11-10-14(4)16(7-3)12-17/h10-12,15,18H,5-9,13H2,1-4H3. The van der Waals surface area contributed by atoms with E-state index < -0.39 is 0 Å². The van der Waals surface area contributed by atoms with E-state index in [-0.39, 0.29) is 0 Å². The van der Waals surface area contributed by atoms with Crippen LogP contribution >= 0.6 is 0 Å². The highest BCUT2D eigenvalue weighted by molar-refractivity contribution is 5.48.